The molecule has 0 fully saturated rings. The SMILES string of the molecule is COc1cccn(-c2ccc3c(c2)[C@](O)([C@@H](C)/C=C/CC(=O)N(CCO)Cc2ccccc2)C(=O)N3c2ccccc2)c1=O. The molecule has 2 amide bonds. The molecule has 3 aromatic carbocycles. The number of nitrogens with zero attached hydrogens (tertiary/aromatic N) is 3. The lowest BCUT2D eigenvalue weighted by atomic mass is 9.82. The van der Waals surface area contributed by atoms with Crippen molar-refractivity contribution in [1.82, 2.24) is 9.47 Å². The number of fused-ring (bicyclic) bond motifs is 1. The molecule has 9 nitrogen and oxygen atoms in total. The van der Waals surface area contributed by atoms with E-state index in [-0.39, 0.29) is 36.8 Å². The molecule has 44 heavy (non-hydrogen) atoms. The van der Waals surface area contributed by atoms with Crippen LogP contribution in [0.2, 0.25) is 0 Å². The number of pyridine rings is 1. The van der Waals surface area contributed by atoms with Gasteiger partial charge in [0.15, 0.2) is 11.4 Å². The second kappa shape index (κ2) is 13.1. The maximum Gasteiger partial charge on any atom is 0.297 e. The van der Waals surface area contributed by atoms with Crippen molar-refractivity contribution in [3.8, 4) is 11.4 Å². The fraction of sp³-hybridized carbons (Fsp3) is 0.229. The van der Waals surface area contributed by atoms with Crippen molar-refractivity contribution >= 4 is 23.2 Å². The van der Waals surface area contributed by atoms with Crippen molar-refractivity contribution in [2.45, 2.75) is 25.5 Å². The highest BCUT2D eigenvalue weighted by atomic mass is 16.5. The van der Waals surface area contributed by atoms with Crippen LogP contribution in [0.3, 0.4) is 0 Å². The Morgan fingerprint density at radius 3 is 2.36 bits per heavy atom. The van der Waals surface area contributed by atoms with E-state index in [9.17, 15) is 24.6 Å². The minimum absolute atomic E-state index is 0.0238. The fourth-order valence-corrected chi connectivity index (χ4v) is 5.53. The van der Waals surface area contributed by atoms with Crippen LogP contribution in [0, 0.1) is 5.92 Å². The Morgan fingerprint density at radius 1 is 0.977 bits per heavy atom. The van der Waals surface area contributed by atoms with Crippen LogP contribution in [0.5, 0.6) is 5.75 Å². The Morgan fingerprint density at radius 2 is 1.68 bits per heavy atom. The van der Waals surface area contributed by atoms with Crippen molar-refractivity contribution in [3.63, 3.8) is 0 Å². The minimum atomic E-state index is -1.99. The molecule has 0 spiro atoms. The number of hydrogen-bond donors (Lipinski definition) is 2. The number of aliphatic hydroxyl groups excluding tert-OH is 1. The first-order valence-electron chi connectivity index (χ1n) is 14.4. The van der Waals surface area contributed by atoms with Crippen molar-refractivity contribution < 1.29 is 24.5 Å². The zero-order valence-corrected chi connectivity index (χ0v) is 24.7. The van der Waals surface area contributed by atoms with Gasteiger partial charge in [-0.15, -0.1) is 0 Å². The van der Waals surface area contributed by atoms with Crippen LogP contribution in [0.15, 0.2) is 114 Å². The van der Waals surface area contributed by atoms with Crippen LogP contribution in [-0.2, 0) is 21.7 Å². The number of carbonyl (C=O) groups is 2. The quantitative estimate of drug-likeness (QED) is 0.251. The van der Waals surface area contributed by atoms with Crippen LogP contribution < -0.4 is 15.2 Å². The van der Waals surface area contributed by atoms with E-state index in [2.05, 4.69) is 0 Å². The first-order valence-corrected chi connectivity index (χ1v) is 14.4. The number of benzene rings is 3. The molecule has 1 aliphatic heterocycles. The van der Waals surface area contributed by atoms with Crippen LogP contribution in [0.25, 0.3) is 5.69 Å². The summed E-state index contributed by atoms with van der Waals surface area (Å²) in [6, 6.07) is 26.9. The molecule has 0 saturated heterocycles. The number of para-hydroxylation sites is 1. The number of anilines is 2. The van der Waals surface area contributed by atoms with Gasteiger partial charge in [-0.3, -0.25) is 23.9 Å². The van der Waals surface area contributed by atoms with Crippen molar-refractivity contribution in [2.75, 3.05) is 25.2 Å². The van der Waals surface area contributed by atoms with E-state index in [1.54, 1.807) is 72.6 Å². The van der Waals surface area contributed by atoms with Gasteiger partial charge >= 0.3 is 0 Å². The Bertz CT molecular complexity index is 1720. The predicted octanol–water partition coefficient (Wildman–Crippen LogP) is 4.32. The smallest absolute Gasteiger partial charge is 0.297 e. The lowest BCUT2D eigenvalue weighted by Crippen LogP contribution is -2.42. The second-order valence-electron chi connectivity index (χ2n) is 10.6. The van der Waals surface area contributed by atoms with Crippen molar-refractivity contribution in [3.05, 3.63) is 131 Å². The molecule has 9 heteroatoms. The average Bonchev–Trinajstić information content (AvgIpc) is 3.28. The number of hydrogen-bond acceptors (Lipinski definition) is 6. The number of aromatic nitrogens is 1. The summed E-state index contributed by atoms with van der Waals surface area (Å²) in [5.41, 5.74) is 0.467. The first kappa shape index (κ1) is 30.5. The summed E-state index contributed by atoms with van der Waals surface area (Å²) < 4.78 is 6.60. The van der Waals surface area contributed by atoms with Gasteiger partial charge in [-0.2, -0.15) is 0 Å². The van der Waals surface area contributed by atoms with Crippen molar-refractivity contribution in [2.24, 2.45) is 5.92 Å². The van der Waals surface area contributed by atoms with E-state index in [0.29, 0.717) is 29.2 Å². The maximum absolute atomic E-state index is 14.1. The monoisotopic (exact) mass is 593 g/mol. The zero-order chi connectivity index (χ0) is 31.3. The van der Waals surface area contributed by atoms with E-state index in [0.717, 1.165) is 5.56 Å². The Balaban J connectivity index is 1.47. The molecule has 0 bridgehead atoms. The molecule has 2 heterocycles. The summed E-state index contributed by atoms with van der Waals surface area (Å²) in [4.78, 5) is 43.2. The average molecular weight is 594 g/mol. The summed E-state index contributed by atoms with van der Waals surface area (Å²) >= 11 is 0. The number of methoxy groups -OCH3 is 1. The van der Waals surface area contributed by atoms with E-state index >= 15 is 0 Å². The van der Waals surface area contributed by atoms with Crippen molar-refractivity contribution in [1.29, 1.82) is 0 Å². The molecule has 4 aromatic rings. The highest BCUT2D eigenvalue weighted by molar-refractivity contribution is 6.12. The highest BCUT2D eigenvalue weighted by Crippen LogP contribution is 2.48. The van der Waals surface area contributed by atoms with Gasteiger partial charge in [0.05, 0.1) is 19.4 Å². The first-order chi connectivity index (χ1) is 21.3. The molecular formula is C35H35N3O6. The zero-order valence-electron chi connectivity index (χ0n) is 24.7. The molecule has 0 unspecified atom stereocenters. The van der Waals surface area contributed by atoms with Gasteiger partial charge in [0, 0.05) is 48.6 Å². The van der Waals surface area contributed by atoms with E-state index in [1.165, 1.54) is 16.6 Å². The van der Waals surface area contributed by atoms with E-state index in [1.807, 2.05) is 48.5 Å². The lowest BCUT2D eigenvalue weighted by Gasteiger charge is -2.28. The maximum atomic E-state index is 14.1. The van der Waals surface area contributed by atoms with E-state index in [4.69, 9.17) is 4.74 Å². The topological polar surface area (TPSA) is 112 Å². The molecule has 1 aliphatic rings. The Labute approximate surface area is 255 Å². The number of aliphatic hydroxyl groups is 2. The molecule has 1 aromatic heterocycles. The van der Waals surface area contributed by atoms with Gasteiger partial charge in [-0.05, 0) is 48.0 Å². The normalized spacial score (nSPS) is 16.6. The third-order valence-electron chi connectivity index (χ3n) is 7.90. The second-order valence-corrected chi connectivity index (χ2v) is 10.6. The molecule has 226 valence electrons. The van der Waals surface area contributed by atoms with Gasteiger partial charge in [0.25, 0.3) is 11.5 Å². The summed E-state index contributed by atoms with van der Waals surface area (Å²) in [7, 11) is 1.42. The molecule has 0 saturated carbocycles. The molecule has 0 radical (unpaired) electrons. The Hall–Kier alpha value is -4.99. The number of carbonyl (C=O) groups excluding carboxylic acids is 2. The van der Waals surface area contributed by atoms with Gasteiger partial charge in [-0.25, -0.2) is 0 Å². The number of rotatable bonds is 11. The predicted molar refractivity (Wildman–Crippen MR) is 168 cm³/mol. The standard InChI is InChI=1S/C35H35N3O6/c1-25(11-9-17-32(40)36(21-22-39)24-26-12-5-3-6-13-26)35(43)29-23-28(37-20-10-16-31(44-2)33(37)41)18-19-30(29)38(34(35)42)27-14-7-4-8-15-27/h3-16,18-20,23,25,39,43H,17,21-22,24H2,1-2H3/b11-9+/t25-,35+/m0/s1. The number of ether oxygens (including phenoxy) is 1. The molecule has 2 N–H and O–H groups in total. The summed E-state index contributed by atoms with van der Waals surface area (Å²) in [6.45, 7) is 2.10. The third-order valence-corrected chi connectivity index (χ3v) is 7.90. The Kier molecular flexibility index (Phi) is 9.08. The number of amides is 2. The van der Waals surface area contributed by atoms with Crippen LogP contribution >= 0.6 is 0 Å². The van der Waals surface area contributed by atoms with Crippen LogP contribution in [0.1, 0.15) is 24.5 Å². The molecule has 2 atom stereocenters. The lowest BCUT2D eigenvalue weighted by molar-refractivity contribution is -0.138. The van der Waals surface area contributed by atoms with Gasteiger partial charge in [0.2, 0.25) is 5.91 Å². The van der Waals surface area contributed by atoms with Crippen LogP contribution in [-0.4, -0.2) is 51.8 Å². The van der Waals surface area contributed by atoms with Gasteiger partial charge < -0.3 is 19.8 Å². The minimum Gasteiger partial charge on any atom is -0.491 e. The summed E-state index contributed by atoms with van der Waals surface area (Å²) in [6.07, 6.45) is 4.93. The summed E-state index contributed by atoms with van der Waals surface area (Å²) in [5, 5.41) is 21.8. The fourth-order valence-electron chi connectivity index (χ4n) is 5.53. The van der Waals surface area contributed by atoms with E-state index < -0.39 is 17.4 Å². The van der Waals surface area contributed by atoms with Crippen LogP contribution in [0.4, 0.5) is 11.4 Å². The third kappa shape index (κ3) is 5.79. The largest absolute Gasteiger partial charge is 0.491 e. The molecule has 5 rings (SSSR count). The van der Waals surface area contributed by atoms with Gasteiger partial charge in [0.1, 0.15) is 0 Å². The highest BCUT2D eigenvalue weighted by Gasteiger charge is 2.53. The molecular weight excluding hydrogens is 558 g/mol. The molecule has 0 aliphatic carbocycles. The van der Waals surface area contributed by atoms with Gasteiger partial charge in [-0.1, -0.05) is 67.6 Å². The summed E-state index contributed by atoms with van der Waals surface area (Å²) in [5.74, 6) is -1.31.